The first-order valence-electron chi connectivity index (χ1n) is 6.66. The van der Waals surface area contributed by atoms with E-state index in [9.17, 15) is 5.11 Å². The van der Waals surface area contributed by atoms with Crippen LogP contribution in [0.2, 0.25) is 0 Å². The molecule has 92 valence electrons. The van der Waals surface area contributed by atoms with Gasteiger partial charge in [0, 0.05) is 5.92 Å². The van der Waals surface area contributed by atoms with Crippen LogP contribution in [0.25, 0.3) is 6.08 Å². The maximum atomic E-state index is 10.6. The van der Waals surface area contributed by atoms with Crippen molar-refractivity contribution in [2.75, 3.05) is 0 Å². The van der Waals surface area contributed by atoms with Gasteiger partial charge in [-0.05, 0) is 18.4 Å². The molecule has 0 aromatic heterocycles. The van der Waals surface area contributed by atoms with E-state index in [1.165, 1.54) is 24.8 Å². The van der Waals surface area contributed by atoms with Crippen LogP contribution in [-0.4, -0.2) is 10.7 Å². The molecular formula is C16H22O. The summed E-state index contributed by atoms with van der Waals surface area (Å²) in [6.07, 6.45) is 9.79. The van der Waals surface area contributed by atoms with Crippen LogP contribution in [-0.2, 0) is 0 Å². The molecule has 1 aromatic rings. The molecule has 0 radical (unpaired) electrons. The first-order chi connectivity index (χ1) is 8.21. The fourth-order valence-electron chi connectivity index (χ4n) is 2.62. The van der Waals surface area contributed by atoms with Crippen LogP contribution in [0.4, 0.5) is 0 Å². The molecule has 1 aliphatic rings. The van der Waals surface area contributed by atoms with Gasteiger partial charge >= 0.3 is 0 Å². The van der Waals surface area contributed by atoms with Crippen molar-refractivity contribution in [1.29, 1.82) is 0 Å². The van der Waals surface area contributed by atoms with E-state index in [0.29, 0.717) is 0 Å². The van der Waals surface area contributed by atoms with Gasteiger partial charge in [-0.15, -0.1) is 0 Å². The smallest absolute Gasteiger partial charge is 0.0707 e. The average Bonchev–Trinajstić information content (AvgIpc) is 2.38. The predicted molar refractivity (Wildman–Crippen MR) is 72.7 cm³/mol. The number of hydrogen-bond acceptors (Lipinski definition) is 1. The molecule has 0 bridgehead atoms. The highest BCUT2D eigenvalue weighted by Crippen LogP contribution is 2.35. The molecule has 1 heteroatoms. The molecule has 1 atom stereocenters. The molecule has 0 saturated heterocycles. The molecular weight excluding hydrogens is 208 g/mol. The van der Waals surface area contributed by atoms with Crippen molar-refractivity contribution in [3.8, 4) is 0 Å². The molecule has 1 unspecified atom stereocenters. The van der Waals surface area contributed by atoms with Crippen molar-refractivity contribution in [3.05, 3.63) is 42.0 Å². The zero-order chi connectivity index (χ0) is 12.1. The van der Waals surface area contributed by atoms with E-state index < -0.39 is 5.60 Å². The lowest BCUT2D eigenvalue weighted by Crippen LogP contribution is -2.37. The van der Waals surface area contributed by atoms with Gasteiger partial charge in [0.1, 0.15) is 0 Å². The average molecular weight is 230 g/mol. The molecule has 0 heterocycles. The third kappa shape index (κ3) is 3.19. The Kier molecular flexibility index (Phi) is 4.01. The lowest BCUT2D eigenvalue weighted by molar-refractivity contribution is -0.0271. The molecule has 1 N–H and O–H groups in total. The number of aliphatic hydroxyl groups is 1. The van der Waals surface area contributed by atoms with Crippen LogP contribution >= 0.6 is 0 Å². The molecule has 17 heavy (non-hydrogen) atoms. The molecule has 0 amide bonds. The lowest BCUT2D eigenvalue weighted by Gasteiger charge is -2.36. The maximum Gasteiger partial charge on any atom is 0.0707 e. The minimum Gasteiger partial charge on any atom is -0.389 e. The quantitative estimate of drug-likeness (QED) is 0.831. The van der Waals surface area contributed by atoms with Crippen molar-refractivity contribution < 1.29 is 5.11 Å². The van der Waals surface area contributed by atoms with Gasteiger partial charge in [-0.3, -0.25) is 0 Å². The van der Waals surface area contributed by atoms with E-state index >= 15 is 0 Å². The molecule has 1 nitrogen and oxygen atoms in total. The fourth-order valence-corrected chi connectivity index (χ4v) is 2.62. The summed E-state index contributed by atoms with van der Waals surface area (Å²) in [5.74, 6) is 0.239. The Morgan fingerprint density at radius 3 is 2.41 bits per heavy atom. The summed E-state index contributed by atoms with van der Waals surface area (Å²) in [6, 6.07) is 10.3. The van der Waals surface area contributed by atoms with Crippen LogP contribution < -0.4 is 0 Å². The lowest BCUT2D eigenvalue weighted by atomic mass is 9.76. The highest BCUT2D eigenvalue weighted by Gasteiger charge is 2.33. The largest absolute Gasteiger partial charge is 0.389 e. The van der Waals surface area contributed by atoms with Gasteiger partial charge in [0.2, 0.25) is 0 Å². The second-order valence-electron chi connectivity index (χ2n) is 5.22. The molecule has 1 aromatic carbocycles. The Balaban J connectivity index is 2.00. The highest BCUT2D eigenvalue weighted by atomic mass is 16.3. The summed E-state index contributed by atoms with van der Waals surface area (Å²) < 4.78 is 0. The van der Waals surface area contributed by atoms with Gasteiger partial charge in [0.05, 0.1) is 5.60 Å². The van der Waals surface area contributed by atoms with E-state index in [-0.39, 0.29) is 5.92 Å². The molecule has 0 spiro atoms. The molecule has 0 aliphatic heterocycles. The van der Waals surface area contributed by atoms with Gasteiger partial charge in [-0.2, -0.15) is 0 Å². The SMILES string of the molecule is CC(/C=C/c1ccccc1)C1(O)CCCCC1. The first-order valence-corrected chi connectivity index (χ1v) is 6.66. The second-order valence-corrected chi connectivity index (χ2v) is 5.22. The number of hydrogen-bond donors (Lipinski definition) is 1. The maximum absolute atomic E-state index is 10.6. The number of rotatable bonds is 3. The molecule has 1 saturated carbocycles. The minimum atomic E-state index is -0.469. The van der Waals surface area contributed by atoms with E-state index in [1.807, 2.05) is 18.2 Å². The standard InChI is InChI=1S/C16H22O/c1-14(16(17)12-6-3-7-13-16)10-11-15-8-4-2-5-9-15/h2,4-5,8-11,14,17H,3,6-7,12-13H2,1H3/b11-10+. The fraction of sp³-hybridized carbons (Fsp3) is 0.500. The Labute approximate surface area is 104 Å². The van der Waals surface area contributed by atoms with E-state index in [1.54, 1.807) is 0 Å². The molecule has 1 fully saturated rings. The summed E-state index contributed by atoms with van der Waals surface area (Å²) in [6.45, 7) is 2.13. The van der Waals surface area contributed by atoms with Crippen molar-refractivity contribution >= 4 is 6.08 Å². The first kappa shape index (κ1) is 12.4. The third-order valence-electron chi connectivity index (χ3n) is 3.94. The highest BCUT2D eigenvalue weighted by molar-refractivity contribution is 5.49. The van der Waals surface area contributed by atoms with Crippen molar-refractivity contribution in [2.24, 2.45) is 5.92 Å². The van der Waals surface area contributed by atoms with Gasteiger partial charge in [0.25, 0.3) is 0 Å². The predicted octanol–water partition coefficient (Wildman–Crippen LogP) is 4.03. The normalized spacial score (nSPS) is 21.5. The Hall–Kier alpha value is -1.08. The summed E-state index contributed by atoms with van der Waals surface area (Å²) in [7, 11) is 0. The van der Waals surface area contributed by atoms with Gasteiger partial charge < -0.3 is 5.11 Å². The Morgan fingerprint density at radius 2 is 1.76 bits per heavy atom. The topological polar surface area (TPSA) is 20.2 Å². The van der Waals surface area contributed by atoms with E-state index in [0.717, 1.165) is 12.8 Å². The van der Waals surface area contributed by atoms with Crippen LogP contribution in [0.3, 0.4) is 0 Å². The zero-order valence-corrected chi connectivity index (χ0v) is 10.6. The Morgan fingerprint density at radius 1 is 1.12 bits per heavy atom. The van der Waals surface area contributed by atoms with Crippen LogP contribution in [0.1, 0.15) is 44.6 Å². The van der Waals surface area contributed by atoms with Crippen molar-refractivity contribution in [1.82, 2.24) is 0 Å². The van der Waals surface area contributed by atoms with Crippen LogP contribution in [0.5, 0.6) is 0 Å². The van der Waals surface area contributed by atoms with E-state index in [4.69, 9.17) is 0 Å². The van der Waals surface area contributed by atoms with Gasteiger partial charge in [-0.25, -0.2) is 0 Å². The monoisotopic (exact) mass is 230 g/mol. The third-order valence-corrected chi connectivity index (χ3v) is 3.94. The summed E-state index contributed by atoms with van der Waals surface area (Å²) in [5, 5.41) is 10.6. The number of benzene rings is 1. The minimum absolute atomic E-state index is 0.239. The summed E-state index contributed by atoms with van der Waals surface area (Å²) >= 11 is 0. The van der Waals surface area contributed by atoms with Gasteiger partial charge in [0.15, 0.2) is 0 Å². The Bertz CT molecular complexity index is 360. The zero-order valence-electron chi connectivity index (χ0n) is 10.6. The van der Waals surface area contributed by atoms with Crippen molar-refractivity contribution in [3.63, 3.8) is 0 Å². The van der Waals surface area contributed by atoms with Crippen molar-refractivity contribution in [2.45, 2.75) is 44.6 Å². The van der Waals surface area contributed by atoms with Crippen LogP contribution in [0, 0.1) is 5.92 Å². The van der Waals surface area contributed by atoms with Crippen LogP contribution in [0.15, 0.2) is 36.4 Å². The summed E-state index contributed by atoms with van der Waals surface area (Å²) in [4.78, 5) is 0. The molecule has 1 aliphatic carbocycles. The second kappa shape index (κ2) is 5.50. The van der Waals surface area contributed by atoms with Gasteiger partial charge in [-0.1, -0.05) is 68.7 Å². The van der Waals surface area contributed by atoms with E-state index in [2.05, 4.69) is 31.2 Å². The summed E-state index contributed by atoms with van der Waals surface area (Å²) in [5.41, 5.74) is 0.738. The molecule has 2 rings (SSSR count).